The first-order valence-electron chi connectivity index (χ1n) is 12.5. The summed E-state index contributed by atoms with van der Waals surface area (Å²) in [6.45, 7) is 0. The second kappa shape index (κ2) is 7.86. The fourth-order valence-corrected chi connectivity index (χ4v) is 6.52. The summed E-state index contributed by atoms with van der Waals surface area (Å²) in [5.74, 6) is 0. The molecule has 6 aromatic carbocycles. The summed E-state index contributed by atoms with van der Waals surface area (Å²) in [6, 6.07) is 41.8. The van der Waals surface area contributed by atoms with E-state index in [9.17, 15) is 0 Å². The first kappa shape index (κ1) is 20.9. The van der Waals surface area contributed by atoms with Gasteiger partial charge in [-0.3, -0.25) is 4.98 Å². The van der Waals surface area contributed by atoms with Crippen molar-refractivity contribution in [3.8, 4) is 44.5 Å². The molecule has 0 saturated carbocycles. The lowest BCUT2D eigenvalue weighted by molar-refractivity contribution is 1.41. The van der Waals surface area contributed by atoms with Gasteiger partial charge in [0.25, 0.3) is 0 Å². The predicted octanol–water partition coefficient (Wildman–Crippen LogP) is 10.3. The number of hydrogen-bond acceptors (Lipinski definition) is 1. The standard InChI is InChI=1S/C35H20BrN/c36-24-17-18-29-31(20-24)34-27-9-2-1-8-26(27)28-11-4-12-30(33(28)34)32(29)22-15-13-21(14-16-22)25-10-3-6-23-7-5-19-37-35(23)25/h1-20H. The molecule has 1 aromatic heterocycles. The van der Waals surface area contributed by atoms with E-state index in [0.717, 1.165) is 20.9 Å². The Hall–Kier alpha value is -4.27. The third-order valence-corrected chi connectivity index (χ3v) is 8.20. The number of nitrogens with zero attached hydrogens (tertiary/aromatic N) is 1. The zero-order valence-corrected chi connectivity index (χ0v) is 21.5. The summed E-state index contributed by atoms with van der Waals surface area (Å²) in [7, 11) is 0. The zero-order chi connectivity index (χ0) is 24.5. The Balaban J connectivity index is 1.41. The highest BCUT2D eigenvalue weighted by Gasteiger charge is 2.26. The van der Waals surface area contributed by atoms with Gasteiger partial charge in [-0.15, -0.1) is 0 Å². The van der Waals surface area contributed by atoms with E-state index < -0.39 is 0 Å². The van der Waals surface area contributed by atoms with Gasteiger partial charge in [0.05, 0.1) is 5.52 Å². The fourth-order valence-electron chi connectivity index (χ4n) is 6.16. The van der Waals surface area contributed by atoms with Crippen LogP contribution in [0, 0.1) is 0 Å². The lowest BCUT2D eigenvalue weighted by Gasteiger charge is -2.16. The molecule has 0 spiro atoms. The predicted molar refractivity (Wildman–Crippen MR) is 160 cm³/mol. The number of aromatic nitrogens is 1. The molecular formula is C35H20BrN. The van der Waals surface area contributed by atoms with Crippen LogP contribution in [0.4, 0.5) is 0 Å². The zero-order valence-electron chi connectivity index (χ0n) is 19.9. The van der Waals surface area contributed by atoms with Gasteiger partial charge < -0.3 is 0 Å². The van der Waals surface area contributed by atoms with Crippen molar-refractivity contribution in [1.82, 2.24) is 4.98 Å². The van der Waals surface area contributed by atoms with Crippen LogP contribution in [0.3, 0.4) is 0 Å². The SMILES string of the molecule is Brc1ccc2c(-c3ccc(-c4cccc5cccnc45)cc3)c3cccc4c3c(c2c1)-c1ccccc1-4. The molecule has 0 unspecified atom stereocenters. The molecule has 1 nitrogen and oxygen atoms in total. The van der Waals surface area contributed by atoms with Gasteiger partial charge in [-0.1, -0.05) is 113 Å². The van der Waals surface area contributed by atoms with Crippen LogP contribution in [0.25, 0.3) is 77.0 Å². The molecule has 0 aliphatic heterocycles. The molecule has 8 rings (SSSR count). The van der Waals surface area contributed by atoms with Crippen LogP contribution in [0.5, 0.6) is 0 Å². The molecule has 0 N–H and O–H groups in total. The second-order valence-corrected chi connectivity index (χ2v) is 10.6. The molecule has 1 aliphatic rings. The average Bonchev–Trinajstić information content (AvgIpc) is 3.29. The number of pyridine rings is 1. The summed E-state index contributed by atoms with van der Waals surface area (Å²) in [6.07, 6.45) is 1.87. The van der Waals surface area contributed by atoms with Crippen molar-refractivity contribution in [2.75, 3.05) is 0 Å². The lowest BCUT2D eigenvalue weighted by atomic mass is 9.87. The highest BCUT2D eigenvalue weighted by molar-refractivity contribution is 9.10. The maximum atomic E-state index is 4.67. The highest BCUT2D eigenvalue weighted by atomic mass is 79.9. The van der Waals surface area contributed by atoms with Crippen molar-refractivity contribution >= 4 is 48.4 Å². The molecule has 0 amide bonds. The summed E-state index contributed by atoms with van der Waals surface area (Å²) in [5, 5.41) is 6.38. The monoisotopic (exact) mass is 533 g/mol. The summed E-state index contributed by atoms with van der Waals surface area (Å²) in [5.41, 5.74) is 11.2. The topological polar surface area (TPSA) is 12.9 Å². The molecule has 172 valence electrons. The number of hydrogen-bond donors (Lipinski definition) is 0. The Morgan fingerprint density at radius 3 is 2.11 bits per heavy atom. The lowest BCUT2D eigenvalue weighted by Crippen LogP contribution is -1.89. The van der Waals surface area contributed by atoms with E-state index in [2.05, 4.69) is 130 Å². The van der Waals surface area contributed by atoms with Gasteiger partial charge >= 0.3 is 0 Å². The van der Waals surface area contributed by atoms with E-state index >= 15 is 0 Å². The van der Waals surface area contributed by atoms with E-state index in [1.54, 1.807) is 0 Å². The number of fused-ring (bicyclic) bond motifs is 6. The molecule has 0 saturated heterocycles. The Kier molecular flexibility index (Phi) is 4.44. The normalized spacial score (nSPS) is 11.9. The first-order chi connectivity index (χ1) is 18.3. The Morgan fingerprint density at radius 1 is 0.486 bits per heavy atom. The number of halogens is 1. The van der Waals surface area contributed by atoms with E-state index in [1.807, 2.05) is 12.3 Å². The molecule has 1 aliphatic carbocycles. The number of para-hydroxylation sites is 1. The number of benzene rings is 6. The van der Waals surface area contributed by atoms with Gasteiger partial charge in [0, 0.05) is 21.6 Å². The van der Waals surface area contributed by atoms with Crippen LogP contribution in [0.2, 0.25) is 0 Å². The van der Waals surface area contributed by atoms with Crippen LogP contribution < -0.4 is 0 Å². The van der Waals surface area contributed by atoms with Crippen molar-refractivity contribution in [1.29, 1.82) is 0 Å². The molecule has 0 radical (unpaired) electrons. The summed E-state index contributed by atoms with van der Waals surface area (Å²) in [4.78, 5) is 4.67. The largest absolute Gasteiger partial charge is 0.256 e. The molecular weight excluding hydrogens is 514 g/mol. The van der Waals surface area contributed by atoms with Gasteiger partial charge in [-0.2, -0.15) is 0 Å². The maximum absolute atomic E-state index is 4.67. The third kappa shape index (κ3) is 3.00. The number of rotatable bonds is 2. The van der Waals surface area contributed by atoms with E-state index in [4.69, 9.17) is 0 Å². The van der Waals surface area contributed by atoms with Crippen molar-refractivity contribution in [2.45, 2.75) is 0 Å². The molecule has 7 aromatic rings. The van der Waals surface area contributed by atoms with Gasteiger partial charge in [-0.25, -0.2) is 0 Å². The van der Waals surface area contributed by atoms with Gasteiger partial charge in [0.1, 0.15) is 0 Å². The highest BCUT2D eigenvalue weighted by Crippen LogP contribution is 2.53. The molecule has 0 atom stereocenters. The minimum absolute atomic E-state index is 1.04. The third-order valence-electron chi connectivity index (χ3n) is 7.71. The summed E-state index contributed by atoms with van der Waals surface area (Å²) >= 11 is 3.75. The van der Waals surface area contributed by atoms with Crippen LogP contribution >= 0.6 is 15.9 Å². The van der Waals surface area contributed by atoms with Crippen molar-refractivity contribution < 1.29 is 0 Å². The molecule has 0 bridgehead atoms. The minimum atomic E-state index is 1.04. The smallest absolute Gasteiger partial charge is 0.0780 e. The van der Waals surface area contributed by atoms with Gasteiger partial charge in [0.2, 0.25) is 0 Å². The molecule has 2 heteroatoms. The summed E-state index contributed by atoms with van der Waals surface area (Å²) < 4.78 is 1.10. The van der Waals surface area contributed by atoms with Gasteiger partial charge in [0.15, 0.2) is 0 Å². The molecule has 37 heavy (non-hydrogen) atoms. The first-order valence-corrected chi connectivity index (χ1v) is 13.3. The Bertz CT molecular complexity index is 2030. The van der Waals surface area contributed by atoms with Crippen molar-refractivity contribution in [3.63, 3.8) is 0 Å². The maximum Gasteiger partial charge on any atom is 0.0780 e. The van der Waals surface area contributed by atoms with E-state index in [1.165, 1.54) is 60.5 Å². The van der Waals surface area contributed by atoms with Gasteiger partial charge in [-0.05, 0) is 78.7 Å². The fraction of sp³-hybridized carbons (Fsp3) is 0. The van der Waals surface area contributed by atoms with Crippen LogP contribution in [-0.4, -0.2) is 4.98 Å². The Morgan fingerprint density at radius 2 is 1.22 bits per heavy atom. The Labute approximate surface area is 223 Å². The van der Waals surface area contributed by atoms with Crippen molar-refractivity contribution in [3.05, 3.63) is 126 Å². The van der Waals surface area contributed by atoms with E-state index in [0.29, 0.717) is 0 Å². The van der Waals surface area contributed by atoms with Crippen LogP contribution in [0.1, 0.15) is 0 Å². The van der Waals surface area contributed by atoms with Crippen molar-refractivity contribution in [2.24, 2.45) is 0 Å². The van der Waals surface area contributed by atoms with E-state index in [-0.39, 0.29) is 0 Å². The average molecular weight is 534 g/mol. The minimum Gasteiger partial charge on any atom is -0.256 e. The van der Waals surface area contributed by atoms with Crippen LogP contribution in [-0.2, 0) is 0 Å². The van der Waals surface area contributed by atoms with Crippen LogP contribution in [0.15, 0.2) is 126 Å². The molecule has 0 fully saturated rings. The molecule has 1 heterocycles. The quantitative estimate of drug-likeness (QED) is 0.201. The second-order valence-electron chi connectivity index (χ2n) is 9.67.